The summed E-state index contributed by atoms with van der Waals surface area (Å²) in [6, 6.07) is 0. The number of piperidine rings is 1. The molecule has 2 unspecified atom stereocenters. The van der Waals surface area contributed by atoms with Crippen LogP contribution in [0.15, 0.2) is 0 Å². The van der Waals surface area contributed by atoms with Crippen molar-refractivity contribution in [3.05, 3.63) is 0 Å². The van der Waals surface area contributed by atoms with Crippen LogP contribution in [0.5, 0.6) is 0 Å². The zero-order chi connectivity index (χ0) is 10.5. The monoisotopic (exact) mass is 230 g/mol. The third kappa shape index (κ3) is 1.81. The van der Waals surface area contributed by atoms with E-state index >= 15 is 0 Å². The van der Waals surface area contributed by atoms with E-state index in [9.17, 15) is 8.42 Å². The first-order valence-electron chi connectivity index (χ1n) is 5.86. The van der Waals surface area contributed by atoms with Gasteiger partial charge < -0.3 is 5.32 Å². The Kier molecular flexibility index (Phi) is 2.13. The molecule has 2 saturated carbocycles. The lowest BCUT2D eigenvalue weighted by atomic mass is 10.1. The second kappa shape index (κ2) is 3.18. The van der Waals surface area contributed by atoms with Crippen LogP contribution in [0.3, 0.4) is 0 Å². The molecule has 2 atom stereocenters. The molecule has 2 N–H and O–H groups in total. The maximum absolute atomic E-state index is 11.7. The number of hydrogen-bond donors (Lipinski definition) is 2. The van der Waals surface area contributed by atoms with Crippen LogP contribution in [0.25, 0.3) is 0 Å². The fourth-order valence-electron chi connectivity index (χ4n) is 2.67. The average molecular weight is 230 g/mol. The molecule has 0 amide bonds. The van der Waals surface area contributed by atoms with Crippen LogP contribution in [0, 0.1) is 5.92 Å². The van der Waals surface area contributed by atoms with E-state index in [4.69, 9.17) is 0 Å². The Labute approximate surface area is 90.9 Å². The third-order valence-corrected chi connectivity index (χ3v) is 5.89. The van der Waals surface area contributed by atoms with Gasteiger partial charge in [-0.3, -0.25) is 0 Å². The lowest BCUT2D eigenvalue weighted by Gasteiger charge is -2.24. The molecule has 3 rings (SSSR count). The Hall–Kier alpha value is -0.130. The van der Waals surface area contributed by atoms with E-state index in [0.29, 0.717) is 12.5 Å². The Morgan fingerprint density at radius 3 is 2.80 bits per heavy atom. The van der Waals surface area contributed by atoms with Crippen molar-refractivity contribution in [1.82, 2.24) is 10.0 Å². The standard InChI is InChI=1S/C10H18N2O2S/c13-15(14,9-3-4-9)12-7-10-6-8(10)2-1-5-11-10/h8-9,11-12H,1-7H2. The first-order valence-corrected chi connectivity index (χ1v) is 7.41. The molecule has 1 heterocycles. The maximum Gasteiger partial charge on any atom is 0.214 e. The van der Waals surface area contributed by atoms with Crippen LogP contribution < -0.4 is 10.0 Å². The largest absolute Gasteiger partial charge is 0.310 e. The van der Waals surface area contributed by atoms with Gasteiger partial charge in [0.05, 0.1) is 5.25 Å². The van der Waals surface area contributed by atoms with Crippen LogP contribution in [-0.2, 0) is 10.0 Å². The molecule has 4 nitrogen and oxygen atoms in total. The second-order valence-corrected chi connectivity index (χ2v) is 7.24. The Morgan fingerprint density at radius 2 is 2.13 bits per heavy atom. The molecule has 3 aliphatic rings. The molecule has 15 heavy (non-hydrogen) atoms. The minimum atomic E-state index is -2.99. The van der Waals surface area contributed by atoms with Gasteiger partial charge in [0, 0.05) is 12.1 Å². The topological polar surface area (TPSA) is 58.2 Å². The zero-order valence-corrected chi connectivity index (χ0v) is 9.65. The molecule has 0 radical (unpaired) electrons. The fourth-order valence-corrected chi connectivity index (χ4v) is 4.12. The smallest absolute Gasteiger partial charge is 0.214 e. The lowest BCUT2D eigenvalue weighted by Crippen LogP contribution is -2.47. The third-order valence-electron chi connectivity index (χ3n) is 3.99. The van der Waals surface area contributed by atoms with Gasteiger partial charge in [-0.15, -0.1) is 0 Å². The molecular formula is C10H18N2O2S. The van der Waals surface area contributed by atoms with Crippen molar-refractivity contribution in [3.8, 4) is 0 Å². The SMILES string of the molecule is O=S(=O)(NCC12CC1CCCN2)C1CC1. The van der Waals surface area contributed by atoms with Gasteiger partial charge in [0.15, 0.2) is 0 Å². The Bertz CT molecular complexity index is 364. The number of nitrogens with one attached hydrogen (secondary N) is 2. The van der Waals surface area contributed by atoms with E-state index in [2.05, 4.69) is 10.0 Å². The minimum Gasteiger partial charge on any atom is -0.310 e. The molecule has 86 valence electrons. The van der Waals surface area contributed by atoms with Crippen LogP contribution in [0.4, 0.5) is 0 Å². The highest BCUT2D eigenvalue weighted by atomic mass is 32.2. The van der Waals surface area contributed by atoms with Crippen LogP contribution in [-0.4, -0.2) is 32.3 Å². The van der Waals surface area contributed by atoms with E-state index in [1.54, 1.807) is 0 Å². The summed E-state index contributed by atoms with van der Waals surface area (Å²) in [5.74, 6) is 0.716. The number of rotatable bonds is 4. The van der Waals surface area contributed by atoms with Crippen molar-refractivity contribution >= 4 is 10.0 Å². The normalized spacial score (nSPS) is 39.9. The number of fused-ring (bicyclic) bond motifs is 1. The van der Waals surface area contributed by atoms with Crippen LogP contribution in [0.2, 0.25) is 0 Å². The molecule has 0 aromatic heterocycles. The van der Waals surface area contributed by atoms with Gasteiger partial charge in [0.1, 0.15) is 0 Å². The highest BCUT2D eigenvalue weighted by molar-refractivity contribution is 7.90. The molecule has 5 heteroatoms. The highest BCUT2D eigenvalue weighted by Crippen LogP contribution is 2.48. The second-order valence-electron chi connectivity index (χ2n) is 5.19. The van der Waals surface area contributed by atoms with Gasteiger partial charge in [-0.05, 0) is 44.6 Å². The van der Waals surface area contributed by atoms with Gasteiger partial charge in [0.25, 0.3) is 0 Å². The van der Waals surface area contributed by atoms with E-state index in [-0.39, 0.29) is 10.8 Å². The van der Waals surface area contributed by atoms with Crippen molar-refractivity contribution in [1.29, 1.82) is 0 Å². The Balaban J connectivity index is 1.58. The van der Waals surface area contributed by atoms with Gasteiger partial charge in [-0.2, -0.15) is 0 Å². The van der Waals surface area contributed by atoms with Crippen molar-refractivity contribution in [2.75, 3.05) is 13.1 Å². The average Bonchev–Trinajstić information content (AvgIpc) is 3.07. The highest BCUT2D eigenvalue weighted by Gasteiger charge is 2.55. The predicted octanol–water partition coefficient (Wildman–Crippen LogP) is 0.210. The van der Waals surface area contributed by atoms with E-state index in [1.807, 2.05) is 0 Å². The summed E-state index contributed by atoms with van der Waals surface area (Å²) in [4.78, 5) is 0. The molecule has 0 aromatic carbocycles. The minimum absolute atomic E-state index is 0.0882. The zero-order valence-electron chi connectivity index (χ0n) is 8.83. The summed E-state index contributed by atoms with van der Waals surface area (Å²) in [7, 11) is -2.99. The first kappa shape index (κ1) is 10.1. The summed E-state index contributed by atoms with van der Waals surface area (Å²) in [6.07, 6.45) is 5.35. The Morgan fingerprint density at radius 1 is 1.33 bits per heavy atom. The summed E-state index contributed by atoms with van der Waals surface area (Å²) in [6.45, 7) is 1.65. The quantitative estimate of drug-likeness (QED) is 0.726. The summed E-state index contributed by atoms with van der Waals surface area (Å²) < 4.78 is 26.1. The molecule has 0 spiro atoms. The molecule has 1 aliphatic heterocycles. The van der Waals surface area contributed by atoms with Crippen LogP contribution in [0.1, 0.15) is 32.1 Å². The van der Waals surface area contributed by atoms with Gasteiger partial charge >= 0.3 is 0 Å². The van der Waals surface area contributed by atoms with Crippen molar-refractivity contribution < 1.29 is 8.42 Å². The van der Waals surface area contributed by atoms with Crippen LogP contribution >= 0.6 is 0 Å². The molecule has 3 fully saturated rings. The summed E-state index contributed by atoms with van der Waals surface area (Å²) in [5, 5.41) is 3.39. The molecular weight excluding hydrogens is 212 g/mol. The van der Waals surface area contributed by atoms with E-state index in [1.165, 1.54) is 12.8 Å². The summed E-state index contributed by atoms with van der Waals surface area (Å²) >= 11 is 0. The molecule has 2 aliphatic carbocycles. The molecule has 0 bridgehead atoms. The number of sulfonamides is 1. The van der Waals surface area contributed by atoms with Gasteiger partial charge in [-0.25, -0.2) is 13.1 Å². The first-order chi connectivity index (χ1) is 7.12. The van der Waals surface area contributed by atoms with Gasteiger partial charge in [0.2, 0.25) is 10.0 Å². The number of hydrogen-bond acceptors (Lipinski definition) is 3. The van der Waals surface area contributed by atoms with Crippen molar-refractivity contribution in [3.63, 3.8) is 0 Å². The van der Waals surface area contributed by atoms with E-state index in [0.717, 1.165) is 25.8 Å². The fraction of sp³-hybridized carbons (Fsp3) is 1.00. The van der Waals surface area contributed by atoms with Crippen molar-refractivity contribution in [2.24, 2.45) is 5.92 Å². The predicted molar refractivity (Wildman–Crippen MR) is 58.0 cm³/mol. The lowest BCUT2D eigenvalue weighted by molar-refractivity contribution is 0.382. The van der Waals surface area contributed by atoms with Crippen molar-refractivity contribution in [2.45, 2.75) is 42.9 Å². The molecule has 0 aromatic rings. The maximum atomic E-state index is 11.7. The van der Waals surface area contributed by atoms with Gasteiger partial charge in [-0.1, -0.05) is 0 Å². The van der Waals surface area contributed by atoms with E-state index < -0.39 is 10.0 Å². The molecule has 1 saturated heterocycles. The summed E-state index contributed by atoms with van der Waals surface area (Å²) in [5.41, 5.74) is 0.125.